The van der Waals surface area contributed by atoms with Crippen LogP contribution in [-0.2, 0) is 26.7 Å². The van der Waals surface area contributed by atoms with Crippen LogP contribution in [0.5, 0.6) is 0 Å². The molecular weight excluding hydrogens is 284 g/mol. The van der Waals surface area contributed by atoms with Gasteiger partial charge in [-0.1, -0.05) is 38.1 Å². The molecule has 1 aromatic carbocycles. The van der Waals surface area contributed by atoms with Crippen LogP contribution in [-0.4, -0.2) is 25.9 Å². The van der Waals surface area contributed by atoms with Gasteiger partial charge in [0.15, 0.2) is 9.84 Å². The summed E-state index contributed by atoms with van der Waals surface area (Å²) in [7, 11) is -3.17. The minimum atomic E-state index is -3.17. The maximum absolute atomic E-state index is 12.6. The van der Waals surface area contributed by atoms with Crippen LogP contribution in [0.3, 0.4) is 0 Å². The normalized spacial score (nSPS) is 21.9. The van der Waals surface area contributed by atoms with Crippen LogP contribution in [0.25, 0.3) is 0 Å². The monoisotopic (exact) mass is 310 g/mol. The Morgan fingerprint density at radius 3 is 2.38 bits per heavy atom. The third-order valence-electron chi connectivity index (χ3n) is 3.99. The van der Waals surface area contributed by atoms with Gasteiger partial charge in [0.05, 0.1) is 23.2 Å². The second kappa shape index (κ2) is 6.09. The van der Waals surface area contributed by atoms with Crippen LogP contribution >= 0.6 is 0 Å². The zero-order chi connectivity index (χ0) is 15.7. The molecule has 1 aromatic rings. The summed E-state index contributed by atoms with van der Waals surface area (Å²) < 4.78 is 30.9. The molecule has 0 bridgehead atoms. The van der Waals surface area contributed by atoms with Crippen LogP contribution in [0, 0.1) is 5.92 Å². The molecule has 2 rings (SSSR count). The Kier molecular flexibility index (Phi) is 4.79. The fourth-order valence-corrected chi connectivity index (χ4v) is 4.77. The Hall–Kier alpha value is -0.870. The van der Waals surface area contributed by atoms with E-state index in [0.717, 1.165) is 17.5 Å². The summed E-state index contributed by atoms with van der Waals surface area (Å²) in [4.78, 5) is 0. The summed E-state index contributed by atoms with van der Waals surface area (Å²) >= 11 is 0. The second-order valence-corrected chi connectivity index (χ2v) is 9.35. The van der Waals surface area contributed by atoms with Gasteiger partial charge in [-0.3, -0.25) is 0 Å². The van der Waals surface area contributed by atoms with Gasteiger partial charge in [-0.25, -0.2) is 8.42 Å². The topological polar surface area (TPSA) is 43.4 Å². The molecule has 0 saturated carbocycles. The van der Waals surface area contributed by atoms with Crippen molar-refractivity contribution in [3.05, 3.63) is 35.4 Å². The molecule has 0 spiro atoms. The first-order chi connectivity index (χ1) is 9.70. The minimum Gasteiger partial charge on any atom is -0.374 e. The molecule has 1 saturated heterocycles. The lowest BCUT2D eigenvalue weighted by Gasteiger charge is -2.16. The van der Waals surface area contributed by atoms with Crippen molar-refractivity contribution < 1.29 is 13.2 Å². The van der Waals surface area contributed by atoms with E-state index in [1.54, 1.807) is 0 Å². The Bertz CT molecular complexity index is 588. The summed E-state index contributed by atoms with van der Waals surface area (Å²) in [5, 5.41) is -0.375. The summed E-state index contributed by atoms with van der Waals surface area (Å²) in [5.74, 6) is 0.641. The minimum absolute atomic E-state index is 0.125. The van der Waals surface area contributed by atoms with Crippen molar-refractivity contribution in [2.75, 3.05) is 6.61 Å². The van der Waals surface area contributed by atoms with E-state index in [1.165, 1.54) is 0 Å². The molecule has 1 fully saturated rings. The molecule has 1 atom stereocenters. The number of sulfone groups is 1. The van der Waals surface area contributed by atoms with Gasteiger partial charge < -0.3 is 4.74 Å². The Balaban J connectivity index is 2.18. The van der Waals surface area contributed by atoms with Crippen LogP contribution in [0.4, 0.5) is 0 Å². The molecule has 1 aliphatic heterocycles. The van der Waals surface area contributed by atoms with Crippen molar-refractivity contribution in [3.8, 4) is 0 Å². The van der Waals surface area contributed by atoms with E-state index in [2.05, 4.69) is 13.8 Å². The molecule has 3 nitrogen and oxygen atoms in total. The van der Waals surface area contributed by atoms with Gasteiger partial charge in [0.2, 0.25) is 0 Å². The average molecular weight is 310 g/mol. The van der Waals surface area contributed by atoms with Crippen LogP contribution in [0.2, 0.25) is 0 Å². The number of hydrogen-bond donors (Lipinski definition) is 0. The zero-order valence-corrected chi connectivity index (χ0v) is 14.2. The second-order valence-electron chi connectivity index (χ2n) is 7.07. The molecule has 21 heavy (non-hydrogen) atoms. The predicted molar refractivity (Wildman–Crippen MR) is 86.0 cm³/mol. The summed E-state index contributed by atoms with van der Waals surface area (Å²) in [6.45, 7) is 8.53. The first-order valence-electron chi connectivity index (χ1n) is 7.62. The molecule has 1 aliphatic rings. The lowest BCUT2D eigenvalue weighted by atomic mass is 9.99. The molecule has 1 unspecified atom stereocenters. The van der Waals surface area contributed by atoms with E-state index >= 15 is 0 Å². The SMILES string of the molecule is CC(C)Cc1ccccc1CS(=O)(=O)C1COC(C)(C)C1. The highest BCUT2D eigenvalue weighted by Crippen LogP contribution is 2.31. The number of benzene rings is 1. The highest BCUT2D eigenvalue weighted by molar-refractivity contribution is 7.91. The van der Waals surface area contributed by atoms with Gasteiger partial charge in [-0.05, 0) is 43.7 Å². The van der Waals surface area contributed by atoms with Crippen LogP contribution < -0.4 is 0 Å². The van der Waals surface area contributed by atoms with Crippen LogP contribution in [0.1, 0.15) is 45.2 Å². The van der Waals surface area contributed by atoms with E-state index in [0.29, 0.717) is 18.9 Å². The van der Waals surface area contributed by atoms with Crippen molar-refractivity contribution in [2.45, 2.75) is 57.1 Å². The maximum atomic E-state index is 12.6. The van der Waals surface area contributed by atoms with E-state index in [4.69, 9.17) is 4.74 Å². The van der Waals surface area contributed by atoms with E-state index in [9.17, 15) is 8.42 Å². The third kappa shape index (κ3) is 4.30. The summed E-state index contributed by atoms with van der Waals surface area (Å²) in [6.07, 6.45) is 1.50. The molecular formula is C17H26O3S. The zero-order valence-electron chi connectivity index (χ0n) is 13.4. The van der Waals surface area contributed by atoms with E-state index in [-0.39, 0.29) is 16.6 Å². The first-order valence-corrected chi connectivity index (χ1v) is 9.33. The van der Waals surface area contributed by atoms with Crippen molar-refractivity contribution in [1.29, 1.82) is 0 Å². The van der Waals surface area contributed by atoms with Gasteiger partial charge in [0.1, 0.15) is 0 Å². The molecule has 0 amide bonds. The van der Waals surface area contributed by atoms with Gasteiger partial charge in [-0.2, -0.15) is 0 Å². The molecule has 4 heteroatoms. The lowest BCUT2D eigenvalue weighted by Crippen LogP contribution is -2.25. The fourth-order valence-electron chi connectivity index (χ4n) is 2.89. The number of ether oxygens (including phenoxy) is 1. The van der Waals surface area contributed by atoms with E-state index < -0.39 is 9.84 Å². The molecule has 0 aliphatic carbocycles. The van der Waals surface area contributed by atoms with Gasteiger partial charge in [0.25, 0.3) is 0 Å². The van der Waals surface area contributed by atoms with Crippen molar-refractivity contribution >= 4 is 9.84 Å². The average Bonchev–Trinajstić information content (AvgIpc) is 2.72. The standard InChI is InChI=1S/C17H26O3S/c1-13(2)9-14-7-5-6-8-15(14)12-21(18,19)16-10-17(3,4)20-11-16/h5-8,13,16H,9-12H2,1-4H3. The first kappa shape index (κ1) is 16.5. The Morgan fingerprint density at radius 2 is 1.86 bits per heavy atom. The summed E-state index contributed by atoms with van der Waals surface area (Å²) in [5.41, 5.74) is 1.76. The lowest BCUT2D eigenvalue weighted by molar-refractivity contribution is 0.0368. The highest BCUT2D eigenvalue weighted by atomic mass is 32.2. The molecule has 118 valence electrons. The quantitative estimate of drug-likeness (QED) is 0.837. The molecule has 0 aromatic heterocycles. The summed E-state index contributed by atoms with van der Waals surface area (Å²) in [6, 6.07) is 7.88. The van der Waals surface area contributed by atoms with Gasteiger partial charge >= 0.3 is 0 Å². The molecule has 0 radical (unpaired) electrons. The fraction of sp³-hybridized carbons (Fsp3) is 0.647. The highest BCUT2D eigenvalue weighted by Gasteiger charge is 2.39. The number of rotatable bonds is 5. The van der Waals surface area contributed by atoms with Crippen molar-refractivity contribution in [1.82, 2.24) is 0 Å². The van der Waals surface area contributed by atoms with Gasteiger partial charge in [0, 0.05) is 0 Å². The smallest absolute Gasteiger partial charge is 0.159 e. The largest absolute Gasteiger partial charge is 0.374 e. The Labute approximate surface area is 128 Å². The van der Waals surface area contributed by atoms with Crippen LogP contribution in [0.15, 0.2) is 24.3 Å². The predicted octanol–water partition coefficient (Wildman–Crippen LogP) is 3.37. The molecule has 1 heterocycles. The Morgan fingerprint density at radius 1 is 1.24 bits per heavy atom. The number of hydrogen-bond acceptors (Lipinski definition) is 3. The van der Waals surface area contributed by atoms with Crippen molar-refractivity contribution in [2.24, 2.45) is 5.92 Å². The molecule has 0 N–H and O–H groups in total. The van der Waals surface area contributed by atoms with Gasteiger partial charge in [-0.15, -0.1) is 0 Å². The maximum Gasteiger partial charge on any atom is 0.159 e. The van der Waals surface area contributed by atoms with E-state index in [1.807, 2.05) is 38.1 Å². The van der Waals surface area contributed by atoms with Crippen molar-refractivity contribution in [3.63, 3.8) is 0 Å². The third-order valence-corrected chi connectivity index (χ3v) is 6.02.